The van der Waals surface area contributed by atoms with Gasteiger partial charge in [-0.15, -0.1) is 10.2 Å². The highest BCUT2D eigenvalue weighted by Gasteiger charge is 2.18. The molecule has 0 saturated heterocycles. The predicted octanol–water partition coefficient (Wildman–Crippen LogP) is 1.80. The standard InChI is InChI=1S/C16H16N4O3S/c1-9-5-10-6-12-13(23-4-3-22-12)7-11(10)20-15(9)18-19-16(20)24-8-14(21)17-2/h5-7H,3-4,8H2,1-2H3,(H,17,21). The van der Waals surface area contributed by atoms with Crippen molar-refractivity contribution < 1.29 is 14.3 Å². The Hall–Kier alpha value is -2.48. The molecule has 2 aromatic heterocycles. The Bertz CT molecular complexity index is 954. The topological polar surface area (TPSA) is 77.8 Å². The number of rotatable bonds is 3. The molecule has 0 atom stereocenters. The third kappa shape index (κ3) is 2.43. The van der Waals surface area contributed by atoms with Crippen molar-refractivity contribution in [3.8, 4) is 11.5 Å². The molecule has 7 nitrogen and oxygen atoms in total. The van der Waals surface area contributed by atoms with E-state index in [9.17, 15) is 4.79 Å². The lowest BCUT2D eigenvalue weighted by Crippen LogP contribution is -2.19. The fourth-order valence-electron chi connectivity index (χ4n) is 2.74. The van der Waals surface area contributed by atoms with Crippen LogP contribution in [-0.4, -0.2) is 46.5 Å². The van der Waals surface area contributed by atoms with E-state index in [1.165, 1.54) is 11.8 Å². The summed E-state index contributed by atoms with van der Waals surface area (Å²) < 4.78 is 13.3. The number of aromatic nitrogens is 3. The van der Waals surface area contributed by atoms with Gasteiger partial charge in [-0.25, -0.2) is 0 Å². The van der Waals surface area contributed by atoms with E-state index in [0.717, 1.165) is 33.6 Å². The number of hydrogen-bond acceptors (Lipinski definition) is 6. The van der Waals surface area contributed by atoms with Gasteiger partial charge in [0.2, 0.25) is 5.91 Å². The summed E-state index contributed by atoms with van der Waals surface area (Å²) in [4.78, 5) is 11.5. The van der Waals surface area contributed by atoms with Crippen molar-refractivity contribution >= 4 is 34.2 Å². The fourth-order valence-corrected chi connectivity index (χ4v) is 3.56. The molecule has 1 aromatic carbocycles. The summed E-state index contributed by atoms with van der Waals surface area (Å²) in [7, 11) is 1.62. The lowest BCUT2D eigenvalue weighted by atomic mass is 10.1. The quantitative estimate of drug-likeness (QED) is 0.730. The maximum atomic E-state index is 11.5. The third-order valence-corrected chi connectivity index (χ3v) is 4.83. The van der Waals surface area contributed by atoms with Gasteiger partial charge in [-0.05, 0) is 24.6 Å². The van der Waals surface area contributed by atoms with Crippen LogP contribution < -0.4 is 14.8 Å². The Labute approximate surface area is 142 Å². The number of fused-ring (bicyclic) bond motifs is 4. The van der Waals surface area contributed by atoms with Gasteiger partial charge in [0, 0.05) is 18.5 Å². The maximum absolute atomic E-state index is 11.5. The Kier molecular flexibility index (Phi) is 3.68. The highest BCUT2D eigenvalue weighted by atomic mass is 32.2. The Morgan fingerprint density at radius 2 is 2.00 bits per heavy atom. The average molecular weight is 344 g/mol. The zero-order chi connectivity index (χ0) is 16.7. The minimum absolute atomic E-state index is 0.0529. The van der Waals surface area contributed by atoms with Crippen LogP contribution in [0.15, 0.2) is 23.4 Å². The summed E-state index contributed by atoms with van der Waals surface area (Å²) in [6.45, 7) is 3.08. The summed E-state index contributed by atoms with van der Waals surface area (Å²) in [5.74, 6) is 1.70. The molecule has 24 heavy (non-hydrogen) atoms. The number of aryl methyl sites for hydroxylation is 1. The minimum Gasteiger partial charge on any atom is -0.486 e. The van der Waals surface area contributed by atoms with Crippen molar-refractivity contribution in [1.29, 1.82) is 0 Å². The summed E-state index contributed by atoms with van der Waals surface area (Å²) in [5.41, 5.74) is 2.72. The molecule has 0 aliphatic carbocycles. The Morgan fingerprint density at radius 1 is 1.25 bits per heavy atom. The van der Waals surface area contributed by atoms with E-state index in [4.69, 9.17) is 9.47 Å². The smallest absolute Gasteiger partial charge is 0.230 e. The molecule has 8 heteroatoms. The first kappa shape index (κ1) is 15.1. The van der Waals surface area contributed by atoms with Crippen molar-refractivity contribution in [3.63, 3.8) is 0 Å². The van der Waals surface area contributed by atoms with Crippen LogP contribution in [0.25, 0.3) is 16.6 Å². The van der Waals surface area contributed by atoms with Gasteiger partial charge in [0.15, 0.2) is 22.3 Å². The number of ether oxygens (including phenoxy) is 2. The SMILES string of the molecule is CNC(=O)CSc1nnc2c(C)cc3cc4c(cc3n12)OCCO4. The molecule has 0 fully saturated rings. The van der Waals surface area contributed by atoms with E-state index in [0.29, 0.717) is 18.4 Å². The average Bonchev–Trinajstić information content (AvgIpc) is 3.03. The molecular weight excluding hydrogens is 328 g/mol. The second-order valence-electron chi connectivity index (χ2n) is 5.49. The lowest BCUT2D eigenvalue weighted by Gasteiger charge is -2.19. The van der Waals surface area contributed by atoms with Gasteiger partial charge in [0.25, 0.3) is 0 Å². The predicted molar refractivity (Wildman–Crippen MR) is 91.0 cm³/mol. The molecule has 1 amide bonds. The normalized spacial score (nSPS) is 13.4. The van der Waals surface area contributed by atoms with Crippen molar-refractivity contribution in [1.82, 2.24) is 19.9 Å². The number of nitrogens with one attached hydrogen (secondary N) is 1. The van der Waals surface area contributed by atoms with Crippen molar-refractivity contribution in [2.75, 3.05) is 26.0 Å². The highest BCUT2D eigenvalue weighted by Crippen LogP contribution is 2.36. The molecule has 1 aliphatic heterocycles. The second kappa shape index (κ2) is 5.86. The molecule has 0 saturated carbocycles. The molecular formula is C16H16N4O3S. The molecule has 0 spiro atoms. The molecule has 124 valence electrons. The van der Waals surface area contributed by atoms with E-state index >= 15 is 0 Å². The van der Waals surface area contributed by atoms with Gasteiger partial charge in [-0.1, -0.05) is 11.8 Å². The van der Waals surface area contributed by atoms with E-state index in [-0.39, 0.29) is 11.7 Å². The van der Waals surface area contributed by atoms with Crippen LogP contribution in [-0.2, 0) is 4.79 Å². The first-order valence-electron chi connectivity index (χ1n) is 7.59. The monoisotopic (exact) mass is 344 g/mol. The van der Waals surface area contributed by atoms with Crippen LogP contribution in [0.2, 0.25) is 0 Å². The molecule has 0 radical (unpaired) electrons. The van der Waals surface area contributed by atoms with Crippen molar-refractivity contribution in [2.45, 2.75) is 12.1 Å². The van der Waals surface area contributed by atoms with Gasteiger partial charge < -0.3 is 14.8 Å². The first-order chi connectivity index (χ1) is 11.7. The zero-order valence-corrected chi connectivity index (χ0v) is 14.1. The number of nitrogens with zero attached hydrogens (tertiary/aromatic N) is 3. The van der Waals surface area contributed by atoms with Crippen LogP contribution >= 0.6 is 11.8 Å². The van der Waals surface area contributed by atoms with Gasteiger partial charge in [0.1, 0.15) is 13.2 Å². The molecule has 3 heterocycles. The van der Waals surface area contributed by atoms with E-state index in [1.807, 2.05) is 23.5 Å². The molecule has 3 aromatic rings. The largest absolute Gasteiger partial charge is 0.486 e. The summed E-state index contributed by atoms with van der Waals surface area (Å²) in [6, 6.07) is 5.98. The Morgan fingerprint density at radius 3 is 2.75 bits per heavy atom. The van der Waals surface area contributed by atoms with Gasteiger partial charge in [0.05, 0.1) is 11.3 Å². The van der Waals surface area contributed by atoms with E-state index < -0.39 is 0 Å². The molecule has 0 bridgehead atoms. The van der Waals surface area contributed by atoms with Crippen LogP contribution in [0.5, 0.6) is 11.5 Å². The molecule has 1 aliphatic rings. The first-order valence-corrected chi connectivity index (χ1v) is 8.57. The number of carbonyl (C=O) groups is 1. The molecule has 0 unspecified atom stereocenters. The molecule has 4 rings (SSSR count). The van der Waals surface area contributed by atoms with Crippen LogP contribution in [0.4, 0.5) is 0 Å². The van der Waals surface area contributed by atoms with Crippen molar-refractivity contribution in [3.05, 3.63) is 23.8 Å². The van der Waals surface area contributed by atoms with Gasteiger partial charge in [-0.3, -0.25) is 9.20 Å². The number of pyridine rings is 1. The Balaban J connectivity index is 1.90. The van der Waals surface area contributed by atoms with Crippen LogP contribution in [0.1, 0.15) is 5.56 Å². The summed E-state index contributed by atoms with van der Waals surface area (Å²) >= 11 is 1.36. The summed E-state index contributed by atoms with van der Waals surface area (Å²) in [6.07, 6.45) is 0. The fraction of sp³-hybridized carbons (Fsp3) is 0.312. The number of hydrogen-bond donors (Lipinski definition) is 1. The lowest BCUT2D eigenvalue weighted by molar-refractivity contribution is -0.118. The van der Waals surface area contributed by atoms with Crippen LogP contribution in [0.3, 0.4) is 0 Å². The maximum Gasteiger partial charge on any atom is 0.230 e. The minimum atomic E-state index is -0.0529. The second-order valence-corrected chi connectivity index (χ2v) is 6.43. The highest BCUT2D eigenvalue weighted by molar-refractivity contribution is 7.99. The number of carbonyl (C=O) groups excluding carboxylic acids is 1. The zero-order valence-electron chi connectivity index (χ0n) is 13.3. The number of benzene rings is 1. The third-order valence-electron chi connectivity index (χ3n) is 3.90. The van der Waals surface area contributed by atoms with Crippen LogP contribution in [0, 0.1) is 6.92 Å². The number of thioether (sulfide) groups is 1. The van der Waals surface area contributed by atoms with Gasteiger partial charge >= 0.3 is 0 Å². The summed E-state index contributed by atoms with van der Waals surface area (Å²) in [5, 5.41) is 12.8. The van der Waals surface area contributed by atoms with Gasteiger partial charge in [-0.2, -0.15) is 0 Å². The van der Waals surface area contributed by atoms with E-state index in [1.54, 1.807) is 7.05 Å². The number of amides is 1. The molecule has 1 N–H and O–H groups in total. The van der Waals surface area contributed by atoms with Crippen molar-refractivity contribution in [2.24, 2.45) is 0 Å². The van der Waals surface area contributed by atoms with E-state index in [2.05, 4.69) is 21.6 Å².